The average Bonchev–Trinajstić information content (AvgIpc) is 3.43. The second-order valence-electron chi connectivity index (χ2n) is 11.2. The van der Waals surface area contributed by atoms with Gasteiger partial charge in [0.2, 0.25) is 0 Å². The van der Waals surface area contributed by atoms with E-state index in [1.54, 1.807) is 0 Å². The monoisotopic (exact) mass is 538 g/mol. The third-order valence-corrected chi connectivity index (χ3v) is 10.2. The molecular weight excluding hydrogens is 513 g/mol. The minimum absolute atomic E-state index is 1.09. The van der Waals surface area contributed by atoms with Crippen molar-refractivity contribution in [2.75, 3.05) is 0 Å². The largest absolute Gasteiger partial charge is 0.134 e. The Bertz CT molecular complexity index is 2470. The van der Waals surface area contributed by atoms with Crippen molar-refractivity contribution in [1.29, 1.82) is 0 Å². The van der Waals surface area contributed by atoms with Crippen molar-refractivity contribution in [3.63, 3.8) is 0 Å². The molecule has 0 bridgehead atoms. The quantitative estimate of drug-likeness (QED) is 0.192. The lowest BCUT2D eigenvalue weighted by atomic mass is 9.92. The van der Waals surface area contributed by atoms with Crippen LogP contribution in [0.25, 0.3) is 76.0 Å². The molecule has 0 unspecified atom stereocenters. The number of fused-ring (bicyclic) bond motifs is 9. The normalized spacial score (nSPS) is 13.3. The summed E-state index contributed by atoms with van der Waals surface area (Å²) in [5.41, 5.74) is 5.37. The maximum atomic E-state index is 2.45. The van der Waals surface area contributed by atoms with Crippen LogP contribution in [0.4, 0.5) is 0 Å². The first-order valence-corrected chi connectivity index (χ1v) is 15.2. The van der Waals surface area contributed by atoms with E-state index >= 15 is 0 Å². The number of benzene rings is 7. The van der Waals surface area contributed by atoms with E-state index in [1.165, 1.54) is 85.2 Å². The van der Waals surface area contributed by atoms with Crippen LogP contribution in [0, 0.1) is 0 Å². The highest BCUT2D eigenvalue weighted by atomic mass is 32.1. The predicted octanol–water partition coefficient (Wildman–Crippen LogP) is 9.95. The SMILES string of the molecule is C1=c2c(sc3c2ccc2ccccc23)=C(c2ccc3c(ccc4cc(-c5ccc6ccccc6c5)ccc43)c2)CC1. The van der Waals surface area contributed by atoms with Gasteiger partial charge in [0.05, 0.1) is 0 Å². The first kappa shape index (κ1) is 23.0. The number of hydrogen-bond donors (Lipinski definition) is 0. The topological polar surface area (TPSA) is 0 Å². The van der Waals surface area contributed by atoms with Crippen LogP contribution < -0.4 is 9.75 Å². The molecule has 0 radical (unpaired) electrons. The number of thiophene rings is 1. The van der Waals surface area contributed by atoms with Gasteiger partial charge in [0.15, 0.2) is 0 Å². The van der Waals surface area contributed by atoms with Crippen molar-refractivity contribution in [2.45, 2.75) is 12.8 Å². The molecule has 0 aliphatic heterocycles. The van der Waals surface area contributed by atoms with Crippen LogP contribution in [0.5, 0.6) is 0 Å². The van der Waals surface area contributed by atoms with Gasteiger partial charge in [-0.1, -0.05) is 115 Å². The van der Waals surface area contributed by atoms with Crippen molar-refractivity contribution < 1.29 is 0 Å². The summed E-state index contributed by atoms with van der Waals surface area (Å²) in [7, 11) is 0. The molecule has 0 fully saturated rings. The maximum absolute atomic E-state index is 2.45. The summed E-state index contributed by atoms with van der Waals surface area (Å²) in [6.07, 6.45) is 4.63. The molecule has 9 rings (SSSR count). The summed E-state index contributed by atoms with van der Waals surface area (Å²) in [5.74, 6) is 0. The summed E-state index contributed by atoms with van der Waals surface area (Å²) >= 11 is 1.97. The highest BCUT2D eigenvalue weighted by molar-refractivity contribution is 7.18. The van der Waals surface area contributed by atoms with Crippen molar-refractivity contribution >= 4 is 76.2 Å². The molecule has 0 N–H and O–H groups in total. The maximum Gasteiger partial charge on any atom is 0.0433 e. The van der Waals surface area contributed by atoms with Crippen LogP contribution >= 0.6 is 11.3 Å². The van der Waals surface area contributed by atoms with Crippen molar-refractivity contribution in [3.8, 4) is 11.1 Å². The Labute approximate surface area is 242 Å². The van der Waals surface area contributed by atoms with E-state index in [0.29, 0.717) is 0 Å². The molecule has 1 aliphatic carbocycles. The minimum Gasteiger partial charge on any atom is -0.134 e. The molecule has 41 heavy (non-hydrogen) atoms. The third kappa shape index (κ3) is 3.59. The third-order valence-electron chi connectivity index (χ3n) is 8.90. The standard InChI is InChI=1S/C40H26S/c1-2-8-27-22-28(13-12-25(27)6-1)29-17-19-33-30(23-29)14-15-31-24-32(18-20-34(31)33)36-10-5-11-37-38-21-16-26-7-3-4-9-35(26)39(38)41-40(36)37/h1-4,6-9,11-24H,5,10H2. The molecule has 1 aliphatic rings. The molecule has 0 nitrogen and oxygen atoms in total. The van der Waals surface area contributed by atoms with Gasteiger partial charge in [-0.2, -0.15) is 0 Å². The smallest absolute Gasteiger partial charge is 0.0433 e. The Hall–Kier alpha value is -4.72. The van der Waals surface area contributed by atoms with Crippen LogP contribution in [-0.4, -0.2) is 0 Å². The van der Waals surface area contributed by atoms with Gasteiger partial charge in [0.25, 0.3) is 0 Å². The lowest BCUT2D eigenvalue weighted by molar-refractivity contribution is 1.09. The van der Waals surface area contributed by atoms with E-state index in [2.05, 4.69) is 133 Å². The van der Waals surface area contributed by atoms with Gasteiger partial charge >= 0.3 is 0 Å². The first-order valence-electron chi connectivity index (χ1n) is 14.4. The molecule has 0 atom stereocenters. The zero-order chi connectivity index (χ0) is 26.9. The summed E-state index contributed by atoms with van der Waals surface area (Å²) in [5, 5.41) is 13.3. The Kier molecular flexibility index (Phi) is 5.00. The van der Waals surface area contributed by atoms with E-state index in [0.717, 1.165) is 12.8 Å². The summed E-state index contributed by atoms with van der Waals surface area (Å²) in [4.78, 5) is 0. The van der Waals surface area contributed by atoms with E-state index in [1.807, 2.05) is 11.3 Å². The molecule has 0 spiro atoms. The second-order valence-corrected chi connectivity index (χ2v) is 12.2. The van der Waals surface area contributed by atoms with Crippen LogP contribution in [-0.2, 0) is 0 Å². The Balaban J connectivity index is 1.18. The van der Waals surface area contributed by atoms with Gasteiger partial charge in [-0.05, 0) is 102 Å². The van der Waals surface area contributed by atoms with Crippen LogP contribution in [0.3, 0.4) is 0 Å². The summed E-state index contributed by atoms with van der Waals surface area (Å²) in [6.45, 7) is 0. The van der Waals surface area contributed by atoms with Gasteiger partial charge in [0.1, 0.15) is 0 Å². The van der Waals surface area contributed by atoms with Gasteiger partial charge in [-0.15, -0.1) is 11.3 Å². The fourth-order valence-electron chi connectivity index (χ4n) is 6.83. The minimum atomic E-state index is 1.09. The van der Waals surface area contributed by atoms with Crippen LogP contribution in [0.2, 0.25) is 0 Å². The average molecular weight is 539 g/mol. The van der Waals surface area contributed by atoms with Crippen molar-refractivity contribution in [3.05, 3.63) is 143 Å². The lowest BCUT2D eigenvalue weighted by Gasteiger charge is -2.12. The van der Waals surface area contributed by atoms with Crippen LogP contribution in [0.1, 0.15) is 18.4 Å². The molecule has 8 aromatic rings. The van der Waals surface area contributed by atoms with Crippen LogP contribution in [0.15, 0.2) is 127 Å². The zero-order valence-corrected chi connectivity index (χ0v) is 23.3. The molecule has 1 heterocycles. The Morgan fingerprint density at radius 1 is 0.439 bits per heavy atom. The fraction of sp³-hybridized carbons (Fsp3) is 0.0500. The highest BCUT2D eigenvalue weighted by Gasteiger charge is 2.14. The number of hydrogen-bond acceptors (Lipinski definition) is 1. The Morgan fingerprint density at radius 3 is 1.85 bits per heavy atom. The number of rotatable bonds is 2. The molecule has 7 aromatic carbocycles. The van der Waals surface area contributed by atoms with E-state index in [4.69, 9.17) is 0 Å². The predicted molar refractivity (Wildman–Crippen MR) is 179 cm³/mol. The molecular formula is C40H26S. The van der Waals surface area contributed by atoms with Gasteiger partial charge in [-0.25, -0.2) is 0 Å². The molecule has 1 heteroatoms. The molecule has 192 valence electrons. The molecule has 0 saturated heterocycles. The van der Waals surface area contributed by atoms with E-state index in [-0.39, 0.29) is 0 Å². The Morgan fingerprint density at radius 2 is 1.02 bits per heavy atom. The molecule has 0 saturated carbocycles. The van der Waals surface area contributed by atoms with Gasteiger partial charge in [-0.3, -0.25) is 0 Å². The molecule has 0 amide bonds. The lowest BCUT2D eigenvalue weighted by Crippen LogP contribution is -2.25. The summed E-state index contributed by atoms with van der Waals surface area (Å²) < 4.78 is 2.86. The van der Waals surface area contributed by atoms with Gasteiger partial charge < -0.3 is 0 Å². The first-order chi connectivity index (χ1) is 20.3. The van der Waals surface area contributed by atoms with E-state index < -0.39 is 0 Å². The second kappa shape index (κ2) is 8.89. The highest BCUT2D eigenvalue weighted by Crippen LogP contribution is 2.34. The molecule has 1 aromatic heterocycles. The summed E-state index contributed by atoms with van der Waals surface area (Å²) in [6, 6.07) is 47.4. The van der Waals surface area contributed by atoms with E-state index in [9.17, 15) is 0 Å². The van der Waals surface area contributed by atoms with Crippen molar-refractivity contribution in [1.82, 2.24) is 0 Å². The van der Waals surface area contributed by atoms with Gasteiger partial charge in [0, 0.05) is 14.6 Å². The van der Waals surface area contributed by atoms with Crippen molar-refractivity contribution in [2.24, 2.45) is 0 Å². The zero-order valence-electron chi connectivity index (χ0n) is 22.5. The fourth-order valence-corrected chi connectivity index (χ4v) is 8.26.